The molecule has 0 aromatic heterocycles. The van der Waals surface area contributed by atoms with Gasteiger partial charge in [0, 0.05) is 6.42 Å². The molecular formula is C52H103N2O6P. The van der Waals surface area contributed by atoms with Crippen LogP contribution in [0.5, 0.6) is 0 Å². The summed E-state index contributed by atoms with van der Waals surface area (Å²) in [7, 11) is 1.31. The van der Waals surface area contributed by atoms with Crippen molar-refractivity contribution < 1.29 is 32.9 Å². The number of rotatable bonds is 48. The van der Waals surface area contributed by atoms with Crippen LogP contribution in [0.15, 0.2) is 24.3 Å². The zero-order chi connectivity index (χ0) is 45.0. The maximum absolute atomic E-state index is 12.9. The highest BCUT2D eigenvalue weighted by Gasteiger charge is 2.24. The largest absolute Gasteiger partial charge is 0.756 e. The van der Waals surface area contributed by atoms with Gasteiger partial charge in [0.25, 0.3) is 7.82 Å². The van der Waals surface area contributed by atoms with E-state index in [1.165, 1.54) is 173 Å². The minimum absolute atomic E-state index is 0.0137. The Balaban J connectivity index is 4.21. The number of unbranched alkanes of at least 4 members (excludes halogenated alkanes) is 31. The maximum Gasteiger partial charge on any atom is 0.268 e. The SMILES string of the molecule is CC/C=C\C/C=C\CCCCCCCCCCCCCCCCC(=O)NC(COP(=O)([O-])OCC[N+](C)(C)C)C(O)CCCCCCCCCCCCCCCCCCCC. The van der Waals surface area contributed by atoms with E-state index >= 15 is 0 Å². The van der Waals surface area contributed by atoms with E-state index in [4.69, 9.17) is 9.05 Å². The summed E-state index contributed by atoms with van der Waals surface area (Å²) in [6, 6.07) is -0.798. The molecule has 0 aromatic carbocycles. The van der Waals surface area contributed by atoms with Gasteiger partial charge in [0.1, 0.15) is 13.2 Å². The van der Waals surface area contributed by atoms with Crippen LogP contribution in [0.25, 0.3) is 0 Å². The number of aliphatic hydroxyl groups excluding tert-OH is 1. The van der Waals surface area contributed by atoms with Crippen LogP contribution < -0.4 is 10.2 Å². The van der Waals surface area contributed by atoms with Crippen LogP contribution in [0.3, 0.4) is 0 Å². The van der Waals surface area contributed by atoms with Gasteiger partial charge in [0.2, 0.25) is 5.91 Å². The van der Waals surface area contributed by atoms with E-state index < -0.39 is 20.0 Å². The summed E-state index contributed by atoms with van der Waals surface area (Å²) in [6.45, 7) is 4.65. The van der Waals surface area contributed by atoms with Gasteiger partial charge in [-0.3, -0.25) is 9.36 Å². The van der Waals surface area contributed by atoms with E-state index in [9.17, 15) is 19.4 Å². The first-order chi connectivity index (χ1) is 29.5. The molecule has 0 aromatic rings. The number of phosphoric acid groups is 1. The van der Waals surface area contributed by atoms with E-state index in [0.29, 0.717) is 23.9 Å². The summed E-state index contributed by atoms with van der Waals surface area (Å²) in [6.07, 6.45) is 53.3. The Bertz CT molecular complexity index is 1050. The molecule has 0 saturated carbocycles. The number of nitrogens with one attached hydrogen (secondary N) is 1. The Morgan fingerprint density at radius 1 is 0.590 bits per heavy atom. The minimum atomic E-state index is -4.57. The molecule has 0 aliphatic carbocycles. The average Bonchev–Trinajstić information content (AvgIpc) is 3.21. The highest BCUT2D eigenvalue weighted by molar-refractivity contribution is 7.45. The quantitative estimate of drug-likeness (QED) is 0.0273. The molecule has 0 fully saturated rings. The minimum Gasteiger partial charge on any atom is -0.756 e. The molecule has 8 nitrogen and oxygen atoms in total. The number of nitrogens with zero attached hydrogens (tertiary/aromatic N) is 1. The lowest BCUT2D eigenvalue weighted by molar-refractivity contribution is -0.870. The van der Waals surface area contributed by atoms with Crippen molar-refractivity contribution in [2.45, 2.75) is 264 Å². The molecule has 0 heterocycles. The van der Waals surface area contributed by atoms with Gasteiger partial charge in [-0.25, -0.2) is 0 Å². The third-order valence-corrected chi connectivity index (χ3v) is 12.9. The maximum atomic E-state index is 12.9. The summed E-state index contributed by atoms with van der Waals surface area (Å²) >= 11 is 0. The number of likely N-dealkylation sites (N-methyl/N-ethyl adjacent to an activating group) is 1. The van der Waals surface area contributed by atoms with Gasteiger partial charge in [-0.1, -0.05) is 231 Å². The van der Waals surface area contributed by atoms with Crippen LogP contribution in [0.2, 0.25) is 0 Å². The predicted octanol–water partition coefficient (Wildman–Crippen LogP) is 14.6. The third-order valence-electron chi connectivity index (χ3n) is 12.0. The van der Waals surface area contributed by atoms with Crippen molar-refractivity contribution in [2.24, 2.45) is 0 Å². The number of hydrogen-bond donors (Lipinski definition) is 2. The number of hydrogen-bond acceptors (Lipinski definition) is 6. The van der Waals surface area contributed by atoms with Crippen LogP contribution in [-0.2, 0) is 18.4 Å². The number of allylic oxidation sites excluding steroid dienone is 4. The predicted molar refractivity (Wildman–Crippen MR) is 261 cm³/mol. The van der Waals surface area contributed by atoms with Crippen LogP contribution in [0.4, 0.5) is 0 Å². The molecule has 0 spiro atoms. The number of phosphoric ester groups is 1. The summed E-state index contributed by atoms with van der Waals surface area (Å²) in [4.78, 5) is 25.5. The van der Waals surface area contributed by atoms with E-state index in [1.54, 1.807) is 0 Å². The van der Waals surface area contributed by atoms with E-state index in [0.717, 1.165) is 51.4 Å². The van der Waals surface area contributed by atoms with Gasteiger partial charge in [-0.15, -0.1) is 0 Å². The summed E-state index contributed by atoms with van der Waals surface area (Å²) in [5.74, 6) is -0.163. The van der Waals surface area contributed by atoms with E-state index in [2.05, 4.69) is 43.5 Å². The number of carbonyl (C=O) groups excluding carboxylic acids is 1. The van der Waals surface area contributed by atoms with Crippen molar-refractivity contribution in [3.05, 3.63) is 24.3 Å². The highest BCUT2D eigenvalue weighted by Crippen LogP contribution is 2.38. The average molecular weight is 883 g/mol. The fraction of sp³-hybridized carbons (Fsp3) is 0.904. The van der Waals surface area contributed by atoms with Gasteiger partial charge in [-0.05, 0) is 38.5 Å². The van der Waals surface area contributed by atoms with Crippen LogP contribution in [-0.4, -0.2) is 68.5 Å². The summed E-state index contributed by atoms with van der Waals surface area (Å²) in [5, 5.41) is 14.0. The molecular weight excluding hydrogens is 780 g/mol. The van der Waals surface area contributed by atoms with E-state index in [-0.39, 0.29) is 19.1 Å². The molecule has 0 bridgehead atoms. The first-order valence-electron chi connectivity index (χ1n) is 26.2. The number of amides is 1. The van der Waals surface area contributed by atoms with Crippen molar-refractivity contribution in [1.82, 2.24) is 5.32 Å². The monoisotopic (exact) mass is 883 g/mol. The lowest BCUT2D eigenvalue weighted by atomic mass is 10.0. The highest BCUT2D eigenvalue weighted by atomic mass is 31.2. The standard InChI is InChI=1S/C52H103N2O6P/c1-6-8-10-12-14-16-18-20-22-24-26-27-28-30-32-34-36-38-40-42-44-46-52(56)53-50(49-60-61(57,58)59-48-47-54(3,4)5)51(55)45-43-41-39-37-35-33-31-29-25-23-21-19-17-15-13-11-9-7-2/h8,10,14,16,50-51,55H,6-7,9,11-13,15,17-49H2,1-5H3,(H-,53,56,57,58)/b10-8-,16-14-. The molecule has 362 valence electrons. The number of aliphatic hydroxyl groups is 1. The Labute approximate surface area is 379 Å². The molecule has 0 rings (SSSR count). The Morgan fingerprint density at radius 3 is 1.44 bits per heavy atom. The second-order valence-corrected chi connectivity index (χ2v) is 20.6. The molecule has 0 radical (unpaired) electrons. The Morgan fingerprint density at radius 2 is 1.00 bits per heavy atom. The van der Waals surface area contributed by atoms with Crippen LogP contribution in [0, 0.1) is 0 Å². The molecule has 9 heteroatoms. The van der Waals surface area contributed by atoms with Gasteiger partial charge in [0.15, 0.2) is 0 Å². The van der Waals surface area contributed by atoms with Gasteiger partial charge < -0.3 is 28.8 Å². The van der Waals surface area contributed by atoms with Gasteiger partial charge in [0.05, 0.1) is 39.9 Å². The summed E-state index contributed by atoms with van der Waals surface area (Å²) in [5.41, 5.74) is 0. The van der Waals surface area contributed by atoms with Crippen molar-refractivity contribution in [3.8, 4) is 0 Å². The normalized spacial score (nSPS) is 14.3. The lowest BCUT2D eigenvalue weighted by Gasteiger charge is -2.30. The second-order valence-electron chi connectivity index (χ2n) is 19.2. The molecule has 1 amide bonds. The Kier molecular flexibility index (Phi) is 43.5. The molecule has 0 saturated heterocycles. The zero-order valence-corrected chi connectivity index (χ0v) is 42.0. The third kappa shape index (κ3) is 46.8. The molecule has 3 unspecified atom stereocenters. The first-order valence-corrected chi connectivity index (χ1v) is 27.6. The second kappa shape index (κ2) is 44.2. The fourth-order valence-corrected chi connectivity index (χ4v) is 8.57. The fourth-order valence-electron chi connectivity index (χ4n) is 7.84. The molecule has 3 atom stereocenters. The van der Waals surface area contributed by atoms with Crippen molar-refractivity contribution in [3.63, 3.8) is 0 Å². The van der Waals surface area contributed by atoms with E-state index in [1.807, 2.05) is 21.1 Å². The van der Waals surface area contributed by atoms with Crippen molar-refractivity contribution in [1.29, 1.82) is 0 Å². The lowest BCUT2D eigenvalue weighted by Crippen LogP contribution is -2.46. The molecule has 0 aliphatic heterocycles. The zero-order valence-electron chi connectivity index (χ0n) is 41.1. The molecule has 0 aliphatic rings. The van der Waals surface area contributed by atoms with Crippen molar-refractivity contribution in [2.75, 3.05) is 40.9 Å². The number of carbonyl (C=O) groups is 1. The van der Waals surface area contributed by atoms with Crippen LogP contribution in [0.1, 0.15) is 251 Å². The molecule has 61 heavy (non-hydrogen) atoms. The van der Waals surface area contributed by atoms with Crippen molar-refractivity contribution >= 4 is 13.7 Å². The topological polar surface area (TPSA) is 108 Å². The number of quaternary nitrogens is 1. The van der Waals surface area contributed by atoms with Crippen LogP contribution >= 0.6 is 7.82 Å². The summed E-state index contributed by atoms with van der Waals surface area (Å²) < 4.78 is 23.4. The van der Waals surface area contributed by atoms with Gasteiger partial charge >= 0.3 is 0 Å². The Hall–Kier alpha value is -1.02. The molecule has 2 N–H and O–H groups in total. The smallest absolute Gasteiger partial charge is 0.268 e. The van der Waals surface area contributed by atoms with Gasteiger partial charge in [-0.2, -0.15) is 0 Å². The first kappa shape index (κ1) is 60.0.